The molecule has 4 rings (SSSR count). The van der Waals surface area contributed by atoms with Crippen molar-refractivity contribution in [1.82, 2.24) is 9.88 Å². The highest BCUT2D eigenvalue weighted by Gasteiger charge is 2.34. The van der Waals surface area contributed by atoms with Crippen LogP contribution in [-0.2, 0) is 16.6 Å². The fourth-order valence-corrected chi connectivity index (χ4v) is 5.99. The molecule has 1 aromatic heterocycles. The Morgan fingerprint density at radius 3 is 2.35 bits per heavy atom. The van der Waals surface area contributed by atoms with Gasteiger partial charge in [-0.25, -0.2) is 12.8 Å². The molecule has 7 nitrogen and oxygen atoms in total. The molecule has 2 heterocycles. The molecule has 0 bridgehead atoms. The second kappa shape index (κ2) is 10.4. The lowest BCUT2D eigenvalue weighted by Crippen LogP contribution is -2.47. The molecule has 0 aliphatic carbocycles. The van der Waals surface area contributed by atoms with E-state index in [1.165, 1.54) is 30.7 Å². The summed E-state index contributed by atoms with van der Waals surface area (Å²) in [4.78, 5) is 6.51. The van der Waals surface area contributed by atoms with Crippen LogP contribution in [0.4, 0.5) is 10.1 Å². The van der Waals surface area contributed by atoms with Gasteiger partial charge in [0.25, 0.3) is 10.0 Å². The molecule has 0 unspecified atom stereocenters. The van der Waals surface area contributed by atoms with Crippen molar-refractivity contribution < 1.29 is 22.3 Å². The number of aromatic nitrogens is 1. The second-order valence-electron chi connectivity index (χ2n) is 8.16. The molecule has 34 heavy (non-hydrogen) atoms. The van der Waals surface area contributed by atoms with Crippen LogP contribution in [0.3, 0.4) is 0 Å². The largest absolute Gasteiger partial charge is 0.493 e. The number of pyridine rings is 1. The number of hydrogen-bond donors (Lipinski definition) is 0. The molecule has 0 spiro atoms. The molecular formula is C25H28FN3O4S. The molecule has 0 saturated carbocycles. The first-order valence-corrected chi connectivity index (χ1v) is 12.5. The van der Waals surface area contributed by atoms with Crippen LogP contribution in [0.15, 0.2) is 71.9 Å². The SMILES string of the molecule is COc1ccc(N(C2CCN(Cc3cccnc3)CC2)S(=O)(=O)c2ccc(F)cc2)cc1OC. The summed E-state index contributed by atoms with van der Waals surface area (Å²) in [6.07, 6.45) is 4.89. The Kier molecular flexibility index (Phi) is 7.33. The van der Waals surface area contributed by atoms with Crippen LogP contribution in [0.5, 0.6) is 11.5 Å². The minimum absolute atomic E-state index is 0.0430. The molecule has 0 radical (unpaired) electrons. The van der Waals surface area contributed by atoms with Gasteiger partial charge in [-0.05, 0) is 60.9 Å². The van der Waals surface area contributed by atoms with E-state index in [2.05, 4.69) is 9.88 Å². The van der Waals surface area contributed by atoms with E-state index in [0.717, 1.165) is 37.3 Å². The fourth-order valence-electron chi connectivity index (χ4n) is 4.29. The van der Waals surface area contributed by atoms with Crippen LogP contribution in [0.25, 0.3) is 0 Å². The van der Waals surface area contributed by atoms with Gasteiger partial charge >= 0.3 is 0 Å². The Morgan fingerprint density at radius 1 is 1.03 bits per heavy atom. The number of piperidine rings is 1. The van der Waals surface area contributed by atoms with Crippen LogP contribution in [-0.4, -0.2) is 51.7 Å². The molecule has 3 aromatic rings. The van der Waals surface area contributed by atoms with Gasteiger partial charge in [-0.1, -0.05) is 6.07 Å². The zero-order chi connectivity index (χ0) is 24.1. The number of rotatable bonds is 8. The van der Waals surface area contributed by atoms with Crippen LogP contribution >= 0.6 is 0 Å². The average molecular weight is 486 g/mol. The molecule has 9 heteroatoms. The van der Waals surface area contributed by atoms with Crippen molar-refractivity contribution >= 4 is 15.7 Å². The number of ether oxygens (including phenoxy) is 2. The summed E-state index contributed by atoms with van der Waals surface area (Å²) in [6.45, 7) is 2.24. The second-order valence-corrected chi connectivity index (χ2v) is 9.98. The van der Waals surface area contributed by atoms with Crippen molar-refractivity contribution in [3.63, 3.8) is 0 Å². The first kappa shape index (κ1) is 24.0. The lowest BCUT2D eigenvalue weighted by Gasteiger charge is -2.39. The van der Waals surface area contributed by atoms with Crippen molar-refractivity contribution in [1.29, 1.82) is 0 Å². The van der Waals surface area contributed by atoms with Gasteiger partial charge in [0, 0.05) is 44.1 Å². The summed E-state index contributed by atoms with van der Waals surface area (Å²) >= 11 is 0. The number of anilines is 1. The summed E-state index contributed by atoms with van der Waals surface area (Å²) in [6, 6.07) is 13.7. The third-order valence-corrected chi connectivity index (χ3v) is 7.90. The van der Waals surface area contributed by atoms with E-state index < -0.39 is 15.8 Å². The highest BCUT2D eigenvalue weighted by Crippen LogP contribution is 2.36. The van der Waals surface area contributed by atoms with Gasteiger partial charge in [0.05, 0.1) is 24.8 Å². The van der Waals surface area contributed by atoms with Gasteiger partial charge < -0.3 is 9.47 Å². The standard InChI is InChI=1S/C25H28FN3O4S/c1-32-24-10-7-22(16-25(24)33-2)29(34(30,31)23-8-5-20(26)6-9-23)21-11-14-28(15-12-21)18-19-4-3-13-27-17-19/h3-10,13,16-17,21H,11-12,14-15,18H2,1-2H3. The Morgan fingerprint density at radius 2 is 1.74 bits per heavy atom. The molecule has 1 aliphatic heterocycles. The van der Waals surface area contributed by atoms with Crippen LogP contribution in [0.1, 0.15) is 18.4 Å². The Bertz CT molecular complexity index is 1200. The first-order valence-electron chi connectivity index (χ1n) is 11.1. The Hall–Kier alpha value is -3.17. The average Bonchev–Trinajstić information content (AvgIpc) is 2.86. The van der Waals surface area contributed by atoms with Crippen LogP contribution < -0.4 is 13.8 Å². The summed E-state index contributed by atoms with van der Waals surface area (Å²) in [7, 11) is -0.908. The lowest BCUT2D eigenvalue weighted by molar-refractivity contribution is 0.206. The van der Waals surface area contributed by atoms with Crippen molar-refractivity contribution in [2.45, 2.75) is 30.3 Å². The minimum atomic E-state index is -3.95. The Balaban J connectivity index is 1.64. The number of sulfonamides is 1. The summed E-state index contributed by atoms with van der Waals surface area (Å²) in [5, 5.41) is 0. The highest BCUT2D eigenvalue weighted by atomic mass is 32.2. The molecule has 2 aromatic carbocycles. The molecular weight excluding hydrogens is 457 g/mol. The minimum Gasteiger partial charge on any atom is -0.493 e. The number of hydrogen-bond acceptors (Lipinski definition) is 6. The number of methoxy groups -OCH3 is 2. The Labute approximate surface area is 199 Å². The zero-order valence-electron chi connectivity index (χ0n) is 19.2. The van der Waals surface area contributed by atoms with Gasteiger partial charge in [0.1, 0.15) is 5.82 Å². The molecule has 0 amide bonds. The maximum atomic E-state index is 13.8. The van der Waals surface area contributed by atoms with Gasteiger partial charge in [-0.3, -0.25) is 14.2 Å². The summed E-state index contributed by atoms with van der Waals surface area (Å²) < 4.78 is 53.3. The lowest BCUT2D eigenvalue weighted by atomic mass is 10.0. The van der Waals surface area contributed by atoms with E-state index in [-0.39, 0.29) is 10.9 Å². The number of benzene rings is 2. The molecule has 0 atom stereocenters. The van der Waals surface area contributed by atoms with E-state index in [1.807, 2.05) is 18.3 Å². The molecule has 0 N–H and O–H groups in total. The quantitative estimate of drug-likeness (QED) is 0.479. The van der Waals surface area contributed by atoms with E-state index in [9.17, 15) is 12.8 Å². The van der Waals surface area contributed by atoms with Crippen molar-refractivity contribution in [3.05, 3.63) is 78.4 Å². The third-order valence-electron chi connectivity index (χ3n) is 6.01. The van der Waals surface area contributed by atoms with Gasteiger partial charge in [0.2, 0.25) is 0 Å². The molecule has 180 valence electrons. The normalized spacial score (nSPS) is 15.1. The monoisotopic (exact) mass is 485 g/mol. The number of likely N-dealkylation sites (tertiary alicyclic amines) is 1. The van der Waals surface area contributed by atoms with Crippen molar-refractivity contribution in [3.8, 4) is 11.5 Å². The number of halogens is 1. The van der Waals surface area contributed by atoms with Gasteiger partial charge in [0.15, 0.2) is 11.5 Å². The van der Waals surface area contributed by atoms with Gasteiger partial charge in [-0.15, -0.1) is 0 Å². The van der Waals surface area contributed by atoms with Gasteiger partial charge in [-0.2, -0.15) is 0 Å². The van der Waals surface area contributed by atoms with Crippen LogP contribution in [0, 0.1) is 5.82 Å². The van der Waals surface area contributed by atoms with Crippen LogP contribution in [0.2, 0.25) is 0 Å². The summed E-state index contributed by atoms with van der Waals surface area (Å²) in [5.41, 5.74) is 1.60. The van der Waals surface area contributed by atoms with Crippen molar-refractivity contribution in [2.75, 3.05) is 31.6 Å². The number of nitrogens with zero attached hydrogens (tertiary/aromatic N) is 3. The van der Waals surface area contributed by atoms with Crippen molar-refractivity contribution in [2.24, 2.45) is 0 Å². The highest BCUT2D eigenvalue weighted by molar-refractivity contribution is 7.92. The maximum absolute atomic E-state index is 13.8. The fraction of sp³-hybridized carbons (Fsp3) is 0.320. The topological polar surface area (TPSA) is 72.0 Å². The van der Waals surface area contributed by atoms with E-state index in [4.69, 9.17) is 9.47 Å². The predicted octanol–water partition coefficient (Wildman–Crippen LogP) is 4.10. The smallest absolute Gasteiger partial charge is 0.264 e. The zero-order valence-corrected chi connectivity index (χ0v) is 20.0. The molecule has 1 fully saturated rings. The predicted molar refractivity (Wildman–Crippen MR) is 128 cm³/mol. The first-order chi connectivity index (χ1) is 16.4. The maximum Gasteiger partial charge on any atom is 0.264 e. The molecule has 1 aliphatic rings. The molecule has 1 saturated heterocycles. The summed E-state index contributed by atoms with van der Waals surface area (Å²) in [5.74, 6) is 0.463. The third kappa shape index (κ3) is 5.15. The van der Waals surface area contributed by atoms with E-state index in [0.29, 0.717) is 30.0 Å². The van der Waals surface area contributed by atoms with E-state index in [1.54, 1.807) is 24.4 Å². The van der Waals surface area contributed by atoms with E-state index >= 15 is 0 Å².